The van der Waals surface area contributed by atoms with Crippen LogP contribution in [0.1, 0.15) is 44.3 Å². The minimum Gasteiger partial charge on any atom is -0.468 e. The molecular weight excluding hydrogens is 214 g/mol. The maximum atomic E-state index is 11.3. The minimum absolute atomic E-state index is 0.440. The van der Waals surface area contributed by atoms with Crippen molar-refractivity contribution in [2.45, 2.75) is 57.2 Å². The summed E-state index contributed by atoms with van der Waals surface area (Å²) in [6.07, 6.45) is 7.98. The fourth-order valence-electron chi connectivity index (χ4n) is 2.80. The van der Waals surface area contributed by atoms with Crippen molar-refractivity contribution in [2.75, 3.05) is 0 Å². The van der Waals surface area contributed by atoms with E-state index in [2.05, 4.69) is 4.90 Å². The van der Waals surface area contributed by atoms with Gasteiger partial charge < -0.3 is 4.42 Å². The van der Waals surface area contributed by atoms with E-state index < -0.39 is 0 Å². The second-order valence-electron chi connectivity index (χ2n) is 5.25. The number of rotatable bonds is 4. The summed E-state index contributed by atoms with van der Waals surface area (Å²) in [5.41, 5.74) is 0. The summed E-state index contributed by atoms with van der Waals surface area (Å²) in [5, 5.41) is 0. The predicted molar refractivity (Wildman–Crippen MR) is 64.5 cm³/mol. The molecule has 0 atom stereocenters. The maximum Gasteiger partial charge on any atom is 0.133 e. The molecule has 1 aromatic heterocycles. The molecule has 92 valence electrons. The molecule has 0 aromatic carbocycles. The summed E-state index contributed by atoms with van der Waals surface area (Å²) in [7, 11) is 0. The molecule has 0 aliphatic heterocycles. The number of hydrogen-bond acceptors (Lipinski definition) is 3. The van der Waals surface area contributed by atoms with Gasteiger partial charge in [-0.2, -0.15) is 0 Å². The predicted octanol–water partition coefficient (Wildman–Crippen LogP) is 2.76. The first-order valence-electron chi connectivity index (χ1n) is 6.63. The summed E-state index contributed by atoms with van der Waals surface area (Å²) in [4.78, 5) is 13.9. The van der Waals surface area contributed by atoms with Gasteiger partial charge in [0.25, 0.3) is 0 Å². The topological polar surface area (TPSA) is 33.5 Å². The molecule has 0 radical (unpaired) electrons. The van der Waals surface area contributed by atoms with E-state index in [9.17, 15) is 4.79 Å². The Hall–Kier alpha value is -1.09. The van der Waals surface area contributed by atoms with Crippen molar-refractivity contribution in [1.29, 1.82) is 0 Å². The van der Waals surface area contributed by atoms with Crippen LogP contribution in [-0.2, 0) is 11.3 Å². The third kappa shape index (κ3) is 2.60. The van der Waals surface area contributed by atoms with Gasteiger partial charge in [-0.15, -0.1) is 0 Å². The van der Waals surface area contributed by atoms with Crippen molar-refractivity contribution < 1.29 is 9.21 Å². The van der Waals surface area contributed by atoms with Crippen LogP contribution in [0.5, 0.6) is 0 Å². The van der Waals surface area contributed by atoms with Crippen LogP contribution in [0.4, 0.5) is 0 Å². The molecule has 0 amide bonds. The highest BCUT2D eigenvalue weighted by Gasteiger charge is 2.35. The third-order valence-electron chi connectivity index (χ3n) is 3.92. The van der Waals surface area contributed by atoms with Crippen molar-refractivity contribution in [3.63, 3.8) is 0 Å². The van der Waals surface area contributed by atoms with E-state index in [0.29, 0.717) is 11.8 Å². The molecule has 1 aromatic rings. The van der Waals surface area contributed by atoms with Gasteiger partial charge in [0, 0.05) is 24.9 Å². The molecule has 2 aliphatic rings. The average Bonchev–Trinajstić information content (AvgIpc) is 3.05. The van der Waals surface area contributed by atoms with Gasteiger partial charge in [0.05, 0.1) is 12.8 Å². The Kier molecular flexibility index (Phi) is 3.02. The van der Waals surface area contributed by atoms with E-state index in [-0.39, 0.29) is 0 Å². The average molecular weight is 233 g/mol. The molecule has 1 heterocycles. The summed E-state index contributed by atoms with van der Waals surface area (Å²) < 4.78 is 5.45. The highest BCUT2D eigenvalue weighted by atomic mass is 16.3. The Bertz CT molecular complexity index is 371. The van der Waals surface area contributed by atoms with Gasteiger partial charge in [0.1, 0.15) is 11.5 Å². The highest BCUT2D eigenvalue weighted by molar-refractivity contribution is 5.79. The molecule has 0 unspecified atom stereocenters. The van der Waals surface area contributed by atoms with Crippen molar-refractivity contribution in [3.05, 3.63) is 24.2 Å². The summed E-state index contributed by atoms with van der Waals surface area (Å²) in [5.74, 6) is 1.49. The van der Waals surface area contributed by atoms with Gasteiger partial charge in [-0.05, 0) is 37.8 Å². The monoisotopic (exact) mass is 233 g/mol. The molecule has 0 bridgehead atoms. The Morgan fingerprint density at radius 3 is 2.47 bits per heavy atom. The normalized spacial score (nSPS) is 22.3. The third-order valence-corrected chi connectivity index (χ3v) is 3.92. The number of Topliss-reactive ketones (excluding diaryl/α,β-unsaturated/α-hetero) is 1. The number of hydrogen-bond donors (Lipinski definition) is 0. The number of ketones is 1. The zero-order chi connectivity index (χ0) is 11.7. The zero-order valence-corrected chi connectivity index (χ0v) is 10.1. The molecule has 2 fully saturated rings. The van der Waals surface area contributed by atoms with Gasteiger partial charge in [-0.3, -0.25) is 9.69 Å². The lowest BCUT2D eigenvalue weighted by Gasteiger charge is -2.33. The fourth-order valence-corrected chi connectivity index (χ4v) is 2.80. The van der Waals surface area contributed by atoms with Crippen LogP contribution in [0.2, 0.25) is 0 Å². The Morgan fingerprint density at radius 2 is 1.88 bits per heavy atom. The van der Waals surface area contributed by atoms with Gasteiger partial charge in [-0.1, -0.05) is 0 Å². The second kappa shape index (κ2) is 4.65. The fraction of sp³-hybridized carbons (Fsp3) is 0.643. The number of carbonyl (C=O) groups is 1. The lowest BCUT2D eigenvalue weighted by atomic mass is 9.93. The molecule has 3 rings (SSSR count). The summed E-state index contributed by atoms with van der Waals surface area (Å²) in [6.45, 7) is 0.913. The van der Waals surface area contributed by atoms with Gasteiger partial charge in [0.2, 0.25) is 0 Å². The minimum atomic E-state index is 0.440. The van der Waals surface area contributed by atoms with Crippen LogP contribution in [0.3, 0.4) is 0 Å². The van der Waals surface area contributed by atoms with E-state index in [1.54, 1.807) is 6.26 Å². The first-order valence-corrected chi connectivity index (χ1v) is 6.63. The molecule has 2 saturated carbocycles. The number of furan rings is 1. The van der Waals surface area contributed by atoms with E-state index >= 15 is 0 Å². The maximum absolute atomic E-state index is 11.3. The van der Waals surface area contributed by atoms with Crippen LogP contribution in [0.25, 0.3) is 0 Å². The smallest absolute Gasteiger partial charge is 0.133 e. The Morgan fingerprint density at radius 1 is 1.18 bits per heavy atom. The highest BCUT2D eigenvalue weighted by Crippen LogP contribution is 2.34. The van der Waals surface area contributed by atoms with Crippen molar-refractivity contribution in [3.8, 4) is 0 Å². The van der Waals surface area contributed by atoms with E-state index in [1.807, 2.05) is 12.1 Å². The summed E-state index contributed by atoms with van der Waals surface area (Å²) in [6, 6.07) is 5.32. The first kappa shape index (κ1) is 11.0. The van der Waals surface area contributed by atoms with Gasteiger partial charge in [-0.25, -0.2) is 0 Å². The summed E-state index contributed by atoms with van der Waals surface area (Å²) >= 11 is 0. The van der Waals surface area contributed by atoms with Crippen molar-refractivity contribution in [1.82, 2.24) is 4.90 Å². The number of nitrogens with zero attached hydrogens (tertiary/aromatic N) is 1. The molecule has 2 aliphatic carbocycles. The van der Waals surface area contributed by atoms with Crippen LogP contribution in [0, 0.1) is 0 Å². The Balaban J connectivity index is 1.65. The first-order chi connectivity index (χ1) is 8.33. The van der Waals surface area contributed by atoms with Gasteiger partial charge in [0.15, 0.2) is 0 Å². The lowest BCUT2D eigenvalue weighted by Crippen LogP contribution is -2.39. The molecule has 17 heavy (non-hydrogen) atoms. The van der Waals surface area contributed by atoms with Crippen LogP contribution in [0.15, 0.2) is 22.8 Å². The number of carbonyl (C=O) groups excluding carboxylic acids is 1. The van der Waals surface area contributed by atoms with Gasteiger partial charge >= 0.3 is 0 Å². The van der Waals surface area contributed by atoms with Crippen LogP contribution >= 0.6 is 0 Å². The molecule has 3 nitrogen and oxygen atoms in total. The quantitative estimate of drug-likeness (QED) is 0.801. The largest absolute Gasteiger partial charge is 0.468 e. The SMILES string of the molecule is O=C1CCC(N(Cc2ccco2)C2CC2)CC1. The second-order valence-corrected chi connectivity index (χ2v) is 5.25. The van der Waals surface area contributed by atoms with Crippen molar-refractivity contribution in [2.24, 2.45) is 0 Å². The van der Waals surface area contributed by atoms with Crippen LogP contribution in [-0.4, -0.2) is 22.8 Å². The van der Waals surface area contributed by atoms with E-state index in [4.69, 9.17) is 4.42 Å². The molecule has 0 saturated heterocycles. The zero-order valence-electron chi connectivity index (χ0n) is 10.1. The van der Waals surface area contributed by atoms with Crippen LogP contribution < -0.4 is 0 Å². The lowest BCUT2D eigenvalue weighted by molar-refractivity contribution is -0.121. The Labute approximate surface area is 102 Å². The van der Waals surface area contributed by atoms with E-state index in [1.165, 1.54) is 12.8 Å². The van der Waals surface area contributed by atoms with E-state index in [0.717, 1.165) is 44.0 Å². The molecule has 0 spiro atoms. The molecule has 3 heteroatoms. The van der Waals surface area contributed by atoms with Crippen molar-refractivity contribution >= 4 is 5.78 Å². The molecular formula is C14H19NO2. The molecule has 0 N–H and O–H groups in total. The standard InChI is InChI=1S/C14H19NO2/c16-13-7-5-12(6-8-13)15(11-3-4-11)10-14-2-1-9-17-14/h1-2,9,11-12H,3-8,10H2.